The third-order valence-electron chi connectivity index (χ3n) is 6.28. The maximum atomic E-state index is 2.48. The van der Waals surface area contributed by atoms with Crippen LogP contribution in [0, 0.1) is 5.41 Å². The molecule has 0 amide bonds. The van der Waals surface area contributed by atoms with Crippen molar-refractivity contribution in [2.24, 2.45) is 5.41 Å². The molecule has 4 rings (SSSR count). The molecule has 3 aromatic rings. The minimum atomic E-state index is 0. The van der Waals surface area contributed by atoms with Crippen LogP contribution < -0.4 is 0 Å². The molecular weight excluding hydrogens is 404 g/mol. The van der Waals surface area contributed by atoms with Gasteiger partial charge in [-0.15, -0.1) is 34.5 Å². The van der Waals surface area contributed by atoms with Gasteiger partial charge in [0.15, 0.2) is 0 Å². The Hall–Kier alpha value is -1.07. The second-order valence-electron chi connectivity index (χ2n) is 9.66. The first kappa shape index (κ1) is 20.7. The molecule has 0 saturated heterocycles. The molecule has 0 nitrogen and oxygen atoms in total. The smallest absolute Gasteiger partial charge is 0 e. The van der Waals surface area contributed by atoms with Gasteiger partial charge in [0.05, 0.1) is 0 Å². The molecule has 0 radical (unpaired) electrons. The van der Waals surface area contributed by atoms with Gasteiger partial charge >= 0.3 is 0 Å². The SMILES string of the molecule is CC1(Cc2cc3c(-c4ccccc4C(C)(C)C)cccc3[cH-]2)CCCC1.[Zr]. The summed E-state index contributed by atoms with van der Waals surface area (Å²) in [6.45, 7) is 9.41. The summed E-state index contributed by atoms with van der Waals surface area (Å²) in [7, 11) is 0. The van der Waals surface area contributed by atoms with Gasteiger partial charge in [0.1, 0.15) is 0 Å². The first-order chi connectivity index (χ1) is 12.4. The minimum absolute atomic E-state index is 0. The molecular formula is C26H31Zr-. The Labute approximate surface area is 183 Å². The topological polar surface area (TPSA) is 0 Å². The number of hydrogen-bond acceptors (Lipinski definition) is 0. The van der Waals surface area contributed by atoms with Gasteiger partial charge in [-0.2, -0.15) is 6.07 Å². The molecule has 0 N–H and O–H groups in total. The minimum Gasteiger partial charge on any atom is -0.164 e. The summed E-state index contributed by atoms with van der Waals surface area (Å²) in [6, 6.07) is 20.6. The van der Waals surface area contributed by atoms with E-state index in [0.29, 0.717) is 5.41 Å². The second kappa shape index (κ2) is 7.75. The predicted molar refractivity (Wildman–Crippen MR) is 114 cm³/mol. The average Bonchev–Trinajstić information content (AvgIpc) is 3.19. The van der Waals surface area contributed by atoms with Crippen LogP contribution in [0.4, 0.5) is 0 Å². The fraction of sp³-hybridized carbons (Fsp3) is 0.423. The first-order valence-corrected chi connectivity index (χ1v) is 10.1. The molecule has 140 valence electrons. The Morgan fingerprint density at radius 3 is 2.30 bits per heavy atom. The zero-order valence-electron chi connectivity index (χ0n) is 17.2. The largest absolute Gasteiger partial charge is 0.164 e. The second-order valence-corrected chi connectivity index (χ2v) is 9.66. The van der Waals surface area contributed by atoms with Crippen LogP contribution in [0.25, 0.3) is 21.9 Å². The van der Waals surface area contributed by atoms with Crippen LogP contribution >= 0.6 is 0 Å². The van der Waals surface area contributed by atoms with Crippen LogP contribution in [0.1, 0.15) is 64.5 Å². The molecule has 0 aromatic heterocycles. The number of hydrogen-bond donors (Lipinski definition) is 0. The Morgan fingerprint density at radius 2 is 1.59 bits per heavy atom. The van der Waals surface area contributed by atoms with E-state index in [4.69, 9.17) is 0 Å². The van der Waals surface area contributed by atoms with Gasteiger partial charge in [0.2, 0.25) is 0 Å². The Bertz CT molecular complexity index is 917. The maximum Gasteiger partial charge on any atom is 0 e. The molecule has 0 aliphatic heterocycles. The summed E-state index contributed by atoms with van der Waals surface area (Å²) in [5.41, 5.74) is 6.37. The zero-order valence-corrected chi connectivity index (χ0v) is 19.7. The molecule has 1 saturated carbocycles. The molecule has 0 bridgehead atoms. The van der Waals surface area contributed by atoms with Crippen molar-refractivity contribution >= 4 is 10.8 Å². The summed E-state index contributed by atoms with van der Waals surface area (Å²) in [4.78, 5) is 0. The zero-order chi connectivity index (χ0) is 18.4. The predicted octanol–water partition coefficient (Wildman–Crippen LogP) is 7.64. The van der Waals surface area contributed by atoms with E-state index in [1.807, 2.05) is 0 Å². The normalized spacial score (nSPS) is 16.4. The number of rotatable bonds is 3. The molecule has 1 aliphatic rings. The van der Waals surface area contributed by atoms with Gasteiger partial charge in [0.25, 0.3) is 0 Å². The van der Waals surface area contributed by atoms with Crippen LogP contribution in [0.15, 0.2) is 54.6 Å². The van der Waals surface area contributed by atoms with Gasteiger partial charge in [-0.25, -0.2) is 0 Å². The van der Waals surface area contributed by atoms with Crippen molar-refractivity contribution in [3.05, 3.63) is 65.7 Å². The molecule has 0 atom stereocenters. The van der Waals surface area contributed by atoms with E-state index in [2.05, 4.69) is 82.3 Å². The number of fused-ring (bicyclic) bond motifs is 1. The van der Waals surface area contributed by atoms with E-state index in [9.17, 15) is 0 Å². The Balaban J connectivity index is 0.00000210. The van der Waals surface area contributed by atoms with Gasteiger partial charge in [-0.3, -0.25) is 0 Å². The molecule has 1 aliphatic carbocycles. The Kier molecular flexibility index (Phi) is 5.93. The van der Waals surface area contributed by atoms with Crippen LogP contribution in [0.2, 0.25) is 0 Å². The summed E-state index contributed by atoms with van der Waals surface area (Å²) in [5, 5.41) is 2.81. The van der Waals surface area contributed by atoms with E-state index in [0.717, 1.165) is 0 Å². The van der Waals surface area contributed by atoms with Crippen LogP contribution in [0.5, 0.6) is 0 Å². The van der Waals surface area contributed by atoms with Crippen LogP contribution in [-0.2, 0) is 38.0 Å². The van der Waals surface area contributed by atoms with E-state index in [-0.39, 0.29) is 31.6 Å². The fourth-order valence-corrected chi connectivity index (χ4v) is 4.90. The van der Waals surface area contributed by atoms with Gasteiger partial charge in [0, 0.05) is 26.2 Å². The number of benzene rings is 2. The van der Waals surface area contributed by atoms with Crippen molar-refractivity contribution in [2.45, 2.75) is 65.2 Å². The molecule has 0 unspecified atom stereocenters. The van der Waals surface area contributed by atoms with Crippen molar-refractivity contribution in [1.82, 2.24) is 0 Å². The maximum absolute atomic E-state index is 2.48. The van der Waals surface area contributed by atoms with Crippen molar-refractivity contribution < 1.29 is 26.2 Å². The van der Waals surface area contributed by atoms with Gasteiger partial charge in [-0.05, 0) is 41.2 Å². The third kappa shape index (κ3) is 4.19. The molecule has 1 fully saturated rings. The summed E-state index contributed by atoms with van der Waals surface area (Å²) in [5.74, 6) is 0. The molecule has 1 heteroatoms. The van der Waals surface area contributed by atoms with Crippen LogP contribution in [-0.4, -0.2) is 0 Å². The quantitative estimate of drug-likeness (QED) is 0.371. The Morgan fingerprint density at radius 1 is 0.926 bits per heavy atom. The van der Waals surface area contributed by atoms with Gasteiger partial charge < -0.3 is 0 Å². The monoisotopic (exact) mass is 433 g/mol. The first-order valence-electron chi connectivity index (χ1n) is 10.1. The van der Waals surface area contributed by atoms with E-state index >= 15 is 0 Å². The summed E-state index contributed by atoms with van der Waals surface area (Å²) in [6.07, 6.45) is 6.80. The fourth-order valence-electron chi connectivity index (χ4n) is 4.90. The van der Waals surface area contributed by atoms with Crippen molar-refractivity contribution in [2.75, 3.05) is 0 Å². The summed E-state index contributed by atoms with van der Waals surface area (Å²) < 4.78 is 0. The molecule has 0 spiro atoms. The van der Waals surface area contributed by atoms with Crippen molar-refractivity contribution in [3.8, 4) is 11.1 Å². The van der Waals surface area contributed by atoms with Crippen LogP contribution in [0.3, 0.4) is 0 Å². The molecule has 0 heterocycles. The standard InChI is InChI=1S/C26H31.Zr/c1-25(2,3)24-13-6-5-11-22(24)21-12-9-10-20-16-19(17-23(20)21)18-26(4)14-7-8-15-26;/h5-6,9-13,16-17H,7-8,14-15,18H2,1-4H3;/q-1;. The molecule has 27 heavy (non-hydrogen) atoms. The van der Waals surface area contributed by atoms with E-state index in [1.165, 1.54) is 65.1 Å². The molecule has 3 aromatic carbocycles. The van der Waals surface area contributed by atoms with Crippen molar-refractivity contribution in [3.63, 3.8) is 0 Å². The van der Waals surface area contributed by atoms with Crippen molar-refractivity contribution in [1.29, 1.82) is 0 Å². The average molecular weight is 435 g/mol. The van der Waals surface area contributed by atoms with Gasteiger partial charge in [-0.1, -0.05) is 76.4 Å². The summed E-state index contributed by atoms with van der Waals surface area (Å²) >= 11 is 0. The van der Waals surface area contributed by atoms with E-state index in [1.54, 1.807) is 0 Å². The van der Waals surface area contributed by atoms with E-state index < -0.39 is 0 Å². The third-order valence-corrected chi connectivity index (χ3v) is 6.28.